The van der Waals surface area contributed by atoms with Gasteiger partial charge in [-0.25, -0.2) is 4.98 Å². The Bertz CT molecular complexity index is 463. The second-order valence-electron chi connectivity index (χ2n) is 3.68. The van der Waals surface area contributed by atoms with Gasteiger partial charge in [-0.15, -0.1) is 11.3 Å². The smallest absolute Gasteiger partial charge is 0.185 e. The molecule has 0 radical (unpaired) electrons. The average molecular weight is 237 g/mol. The number of nitrogens with two attached hydrogens (primary N) is 1. The molecule has 0 aliphatic carbocycles. The molecule has 5 heteroatoms. The third-order valence-electron chi connectivity index (χ3n) is 2.45. The van der Waals surface area contributed by atoms with Crippen molar-refractivity contribution >= 4 is 16.5 Å². The lowest BCUT2D eigenvalue weighted by Crippen LogP contribution is -2.16. The number of anilines is 1. The van der Waals surface area contributed by atoms with Crippen molar-refractivity contribution in [3.05, 3.63) is 34.7 Å². The number of nitrogens with zero attached hydrogens (tertiary/aromatic N) is 2. The molecule has 16 heavy (non-hydrogen) atoms. The number of aryl methyl sites for hydroxylation is 1. The first-order chi connectivity index (χ1) is 7.70. The number of furan rings is 1. The second kappa shape index (κ2) is 4.67. The zero-order valence-corrected chi connectivity index (χ0v) is 10.3. The normalized spacial score (nSPS) is 10.7. The molecule has 0 aliphatic rings. The van der Waals surface area contributed by atoms with E-state index in [-0.39, 0.29) is 0 Å². The Morgan fingerprint density at radius 3 is 2.94 bits per heavy atom. The lowest BCUT2D eigenvalue weighted by atomic mass is 10.2. The highest BCUT2D eigenvalue weighted by Gasteiger charge is 2.09. The number of rotatable bonds is 4. The molecule has 0 fully saturated rings. The van der Waals surface area contributed by atoms with Crippen LogP contribution >= 0.6 is 11.3 Å². The summed E-state index contributed by atoms with van der Waals surface area (Å²) < 4.78 is 5.26. The zero-order valence-electron chi connectivity index (χ0n) is 9.43. The zero-order chi connectivity index (χ0) is 11.5. The van der Waals surface area contributed by atoms with Crippen LogP contribution in [0.3, 0.4) is 0 Å². The lowest BCUT2D eigenvalue weighted by molar-refractivity contribution is 0.529. The molecule has 0 atom stereocenters. The van der Waals surface area contributed by atoms with Crippen LogP contribution in [0.4, 0.5) is 5.13 Å². The summed E-state index contributed by atoms with van der Waals surface area (Å²) in [6.45, 7) is 3.27. The Morgan fingerprint density at radius 2 is 2.38 bits per heavy atom. The summed E-state index contributed by atoms with van der Waals surface area (Å²) in [6.07, 6.45) is 1.71. The fraction of sp³-hybridized carbons (Fsp3) is 0.364. The first kappa shape index (κ1) is 11.2. The fourth-order valence-corrected chi connectivity index (χ4v) is 2.27. The molecule has 0 amide bonds. The Hall–Kier alpha value is -1.33. The van der Waals surface area contributed by atoms with Crippen molar-refractivity contribution in [2.45, 2.75) is 20.0 Å². The van der Waals surface area contributed by atoms with Crippen molar-refractivity contribution in [3.8, 4) is 0 Å². The molecule has 0 unspecified atom stereocenters. The molecular weight excluding hydrogens is 222 g/mol. The molecule has 2 aromatic rings. The van der Waals surface area contributed by atoms with Gasteiger partial charge < -0.3 is 15.1 Å². The standard InChI is InChI=1S/C11H15N3OS/c1-8-9(3-4-15-8)6-14(2)11-13-10(5-12)7-16-11/h3-4,7H,5-6,12H2,1-2H3. The molecule has 4 nitrogen and oxygen atoms in total. The van der Waals surface area contributed by atoms with Gasteiger partial charge in [0.05, 0.1) is 12.0 Å². The molecule has 2 N–H and O–H groups in total. The van der Waals surface area contributed by atoms with Crippen LogP contribution in [0.15, 0.2) is 22.1 Å². The molecule has 0 aromatic carbocycles. The number of hydrogen-bond acceptors (Lipinski definition) is 5. The molecular formula is C11H15N3OS. The van der Waals surface area contributed by atoms with E-state index in [1.807, 2.05) is 25.4 Å². The highest BCUT2D eigenvalue weighted by Crippen LogP contribution is 2.21. The predicted molar refractivity (Wildman–Crippen MR) is 65.6 cm³/mol. The van der Waals surface area contributed by atoms with Gasteiger partial charge in [0.15, 0.2) is 5.13 Å². The number of thiazole rings is 1. The largest absolute Gasteiger partial charge is 0.469 e. The molecule has 86 valence electrons. The topological polar surface area (TPSA) is 55.3 Å². The van der Waals surface area contributed by atoms with E-state index in [9.17, 15) is 0 Å². The van der Waals surface area contributed by atoms with Crippen molar-refractivity contribution < 1.29 is 4.42 Å². The van der Waals surface area contributed by atoms with E-state index in [0.717, 1.165) is 23.1 Å². The Kier molecular flexibility index (Phi) is 3.26. The van der Waals surface area contributed by atoms with E-state index in [0.29, 0.717) is 6.54 Å². The summed E-state index contributed by atoms with van der Waals surface area (Å²) in [5.41, 5.74) is 7.66. The quantitative estimate of drug-likeness (QED) is 0.885. The minimum Gasteiger partial charge on any atom is -0.469 e. The van der Waals surface area contributed by atoms with Crippen LogP contribution in [0, 0.1) is 6.92 Å². The van der Waals surface area contributed by atoms with Crippen molar-refractivity contribution in [1.29, 1.82) is 0 Å². The van der Waals surface area contributed by atoms with Gasteiger partial charge in [0, 0.05) is 31.1 Å². The maximum Gasteiger partial charge on any atom is 0.185 e. The summed E-state index contributed by atoms with van der Waals surface area (Å²) in [6, 6.07) is 1.99. The summed E-state index contributed by atoms with van der Waals surface area (Å²) in [4.78, 5) is 6.53. The van der Waals surface area contributed by atoms with Crippen LogP contribution in [0.5, 0.6) is 0 Å². The van der Waals surface area contributed by atoms with Gasteiger partial charge in [0.1, 0.15) is 5.76 Å². The van der Waals surface area contributed by atoms with Crippen LogP contribution in [-0.2, 0) is 13.1 Å². The molecule has 0 saturated heterocycles. The van der Waals surface area contributed by atoms with Gasteiger partial charge in [-0.05, 0) is 13.0 Å². The Balaban J connectivity index is 2.08. The first-order valence-corrected chi connectivity index (χ1v) is 5.97. The highest BCUT2D eigenvalue weighted by molar-refractivity contribution is 7.13. The van der Waals surface area contributed by atoms with Crippen LogP contribution < -0.4 is 10.6 Å². The van der Waals surface area contributed by atoms with Crippen LogP contribution in [-0.4, -0.2) is 12.0 Å². The van der Waals surface area contributed by atoms with Crippen LogP contribution in [0.25, 0.3) is 0 Å². The Labute approximate surface area is 98.7 Å². The van der Waals surface area contributed by atoms with Crippen LogP contribution in [0.1, 0.15) is 17.0 Å². The monoisotopic (exact) mass is 237 g/mol. The fourth-order valence-electron chi connectivity index (χ4n) is 1.46. The van der Waals surface area contributed by atoms with Gasteiger partial charge in [0.25, 0.3) is 0 Å². The number of aromatic nitrogens is 1. The minimum absolute atomic E-state index is 0.495. The van der Waals surface area contributed by atoms with E-state index in [4.69, 9.17) is 10.2 Å². The molecule has 0 saturated carbocycles. The minimum atomic E-state index is 0.495. The average Bonchev–Trinajstić information content (AvgIpc) is 2.88. The summed E-state index contributed by atoms with van der Waals surface area (Å²) >= 11 is 1.61. The van der Waals surface area contributed by atoms with Crippen molar-refractivity contribution in [3.63, 3.8) is 0 Å². The predicted octanol–water partition coefficient (Wildman–Crippen LogP) is 2.14. The molecule has 2 heterocycles. The van der Waals surface area contributed by atoms with E-state index in [2.05, 4.69) is 9.88 Å². The molecule has 0 bridgehead atoms. The molecule has 0 spiro atoms. The third-order valence-corrected chi connectivity index (χ3v) is 3.45. The second-order valence-corrected chi connectivity index (χ2v) is 4.52. The lowest BCUT2D eigenvalue weighted by Gasteiger charge is -2.14. The van der Waals surface area contributed by atoms with E-state index in [1.165, 1.54) is 5.56 Å². The van der Waals surface area contributed by atoms with Crippen molar-refractivity contribution in [2.75, 3.05) is 11.9 Å². The van der Waals surface area contributed by atoms with E-state index >= 15 is 0 Å². The molecule has 2 rings (SSSR count). The van der Waals surface area contributed by atoms with E-state index in [1.54, 1.807) is 17.6 Å². The Morgan fingerprint density at radius 1 is 1.56 bits per heavy atom. The molecule has 2 aromatic heterocycles. The van der Waals surface area contributed by atoms with E-state index < -0.39 is 0 Å². The summed E-state index contributed by atoms with van der Waals surface area (Å²) in [5.74, 6) is 0.961. The van der Waals surface area contributed by atoms with Crippen molar-refractivity contribution in [1.82, 2.24) is 4.98 Å². The van der Waals surface area contributed by atoms with Gasteiger partial charge in [-0.2, -0.15) is 0 Å². The van der Waals surface area contributed by atoms with Gasteiger partial charge in [-0.1, -0.05) is 0 Å². The van der Waals surface area contributed by atoms with Crippen molar-refractivity contribution in [2.24, 2.45) is 5.73 Å². The summed E-state index contributed by atoms with van der Waals surface area (Å²) in [7, 11) is 2.02. The maximum absolute atomic E-state index is 5.53. The van der Waals surface area contributed by atoms with Gasteiger partial charge in [-0.3, -0.25) is 0 Å². The third kappa shape index (κ3) is 2.25. The number of hydrogen-bond donors (Lipinski definition) is 1. The SMILES string of the molecule is Cc1occc1CN(C)c1nc(CN)cs1. The highest BCUT2D eigenvalue weighted by atomic mass is 32.1. The van der Waals surface area contributed by atoms with Gasteiger partial charge in [0.2, 0.25) is 0 Å². The van der Waals surface area contributed by atoms with Crippen LogP contribution in [0.2, 0.25) is 0 Å². The summed E-state index contributed by atoms with van der Waals surface area (Å²) in [5, 5.41) is 2.98. The first-order valence-electron chi connectivity index (χ1n) is 5.09. The van der Waals surface area contributed by atoms with Gasteiger partial charge >= 0.3 is 0 Å². The molecule has 0 aliphatic heterocycles. The maximum atomic E-state index is 5.53.